The summed E-state index contributed by atoms with van der Waals surface area (Å²) in [6, 6.07) is 20.7. The van der Waals surface area contributed by atoms with E-state index in [2.05, 4.69) is 42.4 Å². The predicted molar refractivity (Wildman–Crippen MR) is 120 cm³/mol. The second kappa shape index (κ2) is 9.66. The maximum atomic E-state index is 12.3. The summed E-state index contributed by atoms with van der Waals surface area (Å²) >= 11 is 7.08. The lowest BCUT2D eigenvalue weighted by Gasteiger charge is -2.07. The van der Waals surface area contributed by atoms with E-state index < -0.39 is 0 Å². The van der Waals surface area contributed by atoms with E-state index in [4.69, 9.17) is 4.74 Å². The van der Waals surface area contributed by atoms with Gasteiger partial charge in [-0.15, -0.1) is 0 Å². The molecule has 0 aliphatic heterocycles. The standard InChI is InChI=1S/C22H18Br2N2O2/c1-15-10-20(23)19(21(24)11-15)13-25-26-18-9-5-8-17(12-18)22(27)28-14-16-6-3-2-4-7-16/h2-13,26H,14H2,1H3/b25-13+. The molecule has 3 rings (SSSR count). The van der Waals surface area contributed by atoms with Crippen molar-refractivity contribution in [2.75, 3.05) is 5.43 Å². The Morgan fingerprint density at radius 3 is 2.46 bits per heavy atom. The SMILES string of the molecule is Cc1cc(Br)c(/C=N/Nc2cccc(C(=O)OCc3ccccc3)c2)c(Br)c1. The fourth-order valence-electron chi connectivity index (χ4n) is 2.53. The van der Waals surface area contributed by atoms with Gasteiger partial charge in [-0.3, -0.25) is 5.43 Å². The van der Waals surface area contributed by atoms with Gasteiger partial charge >= 0.3 is 5.97 Å². The number of hydrazone groups is 1. The van der Waals surface area contributed by atoms with Crippen molar-refractivity contribution in [2.45, 2.75) is 13.5 Å². The van der Waals surface area contributed by atoms with Crippen LogP contribution in [0.3, 0.4) is 0 Å². The fourth-order valence-corrected chi connectivity index (χ4v) is 4.15. The second-order valence-corrected chi connectivity index (χ2v) is 7.86. The van der Waals surface area contributed by atoms with Crippen molar-refractivity contribution < 1.29 is 9.53 Å². The molecule has 0 aromatic heterocycles. The van der Waals surface area contributed by atoms with Crippen molar-refractivity contribution in [3.8, 4) is 0 Å². The van der Waals surface area contributed by atoms with Crippen LogP contribution in [-0.4, -0.2) is 12.2 Å². The number of anilines is 1. The molecule has 142 valence electrons. The molecule has 4 nitrogen and oxygen atoms in total. The van der Waals surface area contributed by atoms with Crippen molar-refractivity contribution in [1.29, 1.82) is 0 Å². The third-order valence-corrected chi connectivity index (χ3v) is 5.23. The molecule has 0 aliphatic rings. The zero-order valence-electron chi connectivity index (χ0n) is 15.2. The van der Waals surface area contributed by atoms with Gasteiger partial charge in [0.05, 0.1) is 17.5 Å². The molecule has 6 heteroatoms. The molecule has 3 aromatic carbocycles. The van der Waals surface area contributed by atoms with Gasteiger partial charge in [0.2, 0.25) is 0 Å². The number of nitrogens with zero attached hydrogens (tertiary/aromatic N) is 1. The summed E-state index contributed by atoms with van der Waals surface area (Å²) in [7, 11) is 0. The van der Waals surface area contributed by atoms with Crippen LogP contribution < -0.4 is 5.43 Å². The molecule has 0 saturated heterocycles. The van der Waals surface area contributed by atoms with E-state index in [9.17, 15) is 4.79 Å². The Labute approximate surface area is 180 Å². The van der Waals surface area contributed by atoms with E-state index in [0.29, 0.717) is 11.3 Å². The third kappa shape index (κ3) is 5.53. The molecule has 0 radical (unpaired) electrons. The lowest BCUT2D eigenvalue weighted by Crippen LogP contribution is -2.05. The van der Waals surface area contributed by atoms with E-state index in [-0.39, 0.29) is 12.6 Å². The number of carbonyl (C=O) groups excluding carboxylic acids is 1. The van der Waals surface area contributed by atoms with Gasteiger partial charge in [0.1, 0.15) is 6.61 Å². The van der Waals surface area contributed by atoms with E-state index >= 15 is 0 Å². The van der Waals surface area contributed by atoms with Gasteiger partial charge in [0, 0.05) is 14.5 Å². The number of aryl methyl sites for hydroxylation is 1. The van der Waals surface area contributed by atoms with Crippen molar-refractivity contribution >= 4 is 49.7 Å². The van der Waals surface area contributed by atoms with Gasteiger partial charge in [-0.2, -0.15) is 5.10 Å². The van der Waals surface area contributed by atoms with Crippen LogP contribution in [0.1, 0.15) is 27.0 Å². The molecule has 0 atom stereocenters. The lowest BCUT2D eigenvalue weighted by atomic mass is 10.2. The Morgan fingerprint density at radius 2 is 1.75 bits per heavy atom. The van der Waals surface area contributed by atoms with Crippen molar-refractivity contribution in [3.05, 3.63) is 97.9 Å². The zero-order valence-corrected chi connectivity index (χ0v) is 18.3. The molecule has 0 heterocycles. The average molecular weight is 502 g/mol. The minimum absolute atomic E-state index is 0.241. The Kier molecular flexibility index (Phi) is 7.01. The predicted octanol–water partition coefficient (Wildman–Crippen LogP) is 6.32. The van der Waals surface area contributed by atoms with Gasteiger partial charge in [-0.25, -0.2) is 4.79 Å². The topological polar surface area (TPSA) is 50.7 Å². The molecule has 3 aromatic rings. The number of nitrogens with one attached hydrogen (secondary N) is 1. The molecule has 28 heavy (non-hydrogen) atoms. The van der Waals surface area contributed by atoms with Crippen LogP contribution in [0.2, 0.25) is 0 Å². The van der Waals surface area contributed by atoms with Crippen molar-refractivity contribution in [3.63, 3.8) is 0 Å². The molecular weight excluding hydrogens is 484 g/mol. The summed E-state index contributed by atoms with van der Waals surface area (Å²) < 4.78 is 7.26. The first-order valence-electron chi connectivity index (χ1n) is 8.59. The van der Waals surface area contributed by atoms with Crippen molar-refractivity contribution in [1.82, 2.24) is 0 Å². The highest BCUT2D eigenvalue weighted by molar-refractivity contribution is 9.11. The Bertz CT molecular complexity index is 981. The van der Waals surface area contributed by atoms with E-state index in [0.717, 1.165) is 25.6 Å². The minimum Gasteiger partial charge on any atom is -0.457 e. The average Bonchev–Trinajstić information content (AvgIpc) is 2.69. The summed E-state index contributed by atoms with van der Waals surface area (Å²) in [5.41, 5.74) is 7.14. The summed E-state index contributed by atoms with van der Waals surface area (Å²) in [4.78, 5) is 12.3. The van der Waals surface area contributed by atoms with Gasteiger partial charge in [-0.1, -0.05) is 68.3 Å². The number of halogens is 2. The molecule has 0 amide bonds. The highest BCUT2D eigenvalue weighted by atomic mass is 79.9. The number of benzene rings is 3. The molecule has 0 aliphatic carbocycles. The van der Waals surface area contributed by atoms with Gasteiger partial charge in [0.15, 0.2) is 0 Å². The Balaban J connectivity index is 1.64. The van der Waals surface area contributed by atoms with Crippen LogP contribution in [-0.2, 0) is 11.3 Å². The highest BCUT2D eigenvalue weighted by Gasteiger charge is 2.08. The maximum absolute atomic E-state index is 12.3. The number of ether oxygens (including phenoxy) is 1. The highest BCUT2D eigenvalue weighted by Crippen LogP contribution is 2.25. The summed E-state index contributed by atoms with van der Waals surface area (Å²) in [5.74, 6) is -0.375. The van der Waals surface area contributed by atoms with Crippen LogP contribution >= 0.6 is 31.9 Å². The quantitative estimate of drug-likeness (QED) is 0.244. The first-order valence-corrected chi connectivity index (χ1v) is 10.2. The monoisotopic (exact) mass is 500 g/mol. The molecule has 0 unspecified atom stereocenters. The number of carbonyl (C=O) groups is 1. The van der Waals surface area contributed by atoms with E-state index in [1.54, 1.807) is 24.4 Å². The molecular formula is C22H18Br2N2O2. The second-order valence-electron chi connectivity index (χ2n) is 6.15. The molecule has 0 saturated carbocycles. The molecule has 1 N–H and O–H groups in total. The Hall–Kier alpha value is -2.44. The van der Waals surface area contributed by atoms with Gasteiger partial charge in [-0.05, 0) is 48.4 Å². The minimum atomic E-state index is -0.375. The molecule has 0 bridgehead atoms. The number of rotatable bonds is 6. The summed E-state index contributed by atoms with van der Waals surface area (Å²) in [5, 5.41) is 4.27. The first-order chi connectivity index (χ1) is 13.5. The summed E-state index contributed by atoms with van der Waals surface area (Å²) in [6.07, 6.45) is 1.72. The molecule has 0 spiro atoms. The zero-order chi connectivity index (χ0) is 19.9. The number of hydrogen-bond acceptors (Lipinski definition) is 4. The van der Waals surface area contributed by atoms with Crippen LogP contribution in [0, 0.1) is 6.92 Å². The van der Waals surface area contributed by atoms with Crippen LogP contribution in [0.15, 0.2) is 80.8 Å². The van der Waals surface area contributed by atoms with Crippen LogP contribution in [0.5, 0.6) is 0 Å². The number of hydrogen-bond donors (Lipinski definition) is 1. The summed E-state index contributed by atoms with van der Waals surface area (Å²) in [6.45, 7) is 2.27. The van der Waals surface area contributed by atoms with Crippen LogP contribution in [0.25, 0.3) is 0 Å². The third-order valence-electron chi connectivity index (χ3n) is 3.92. The Morgan fingerprint density at radius 1 is 1.04 bits per heavy atom. The van der Waals surface area contributed by atoms with E-state index in [1.165, 1.54) is 0 Å². The largest absolute Gasteiger partial charge is 0.457 e. The molecule has 0 fully saturated rings. The number of esters is 1. The fraction of sp³-hybridized carbons (Fsp3) is 0.0909. The van der Waals surface area contributed by atoms with Crippen molar-refractivity contribution in [2.24, 2.45) is 5.10 Å². The first kappa shape index (κ1) is 20.3. The lowest BCUT2D eigenvalue weighted by molar-refractivity contribution is 0.0473. The maximum Gasteiger partial charge on any atom is 0.338 e. The van der Waals surface area contributed by atoms with E-state index in [1.807, 2.05) is 55.5 Å². The van der Waals surface area contributed by atoms with Gasteiger partial charge in [0.25, 0.3) is 0 Å². The normalized spacial score (nSPS) is 10.8. The van der Waals surface area contributed by atoms with Crippen LogP contribution in [0.4, 0.5) is 5.69 Å². The van der Waals surface area contributed by atoms with Gasteiger partial charge < -0.3 is 4.74 Å². The smallest absolute Gasteiger partial charge is 0.338 e.